The molecule has 8 N–H and O–H groups in total. The maximum Gasteiger partial charge on any atom is 0.308 e. The molecule has 25 atom stereocenters. The Hall–Kier alpha value is -4.50. The first-order chi connectivity index (χ1) is 40.5. The van der Waals surface area contributed by atoms with Crippen LogP contribution in [0.1, 0.15) is 117 Å². The van der Waals surface area contributed by atoms with E-state index in [9.17, 15) is 50.4 Å². The van der Waals surface area contributed by atoms with Gasteiger partial charge >= 0.3 is 11.9 Å². The average Bonchev–Trinajstić information content (AvgIpc) is 2.37. The van der Waals surface area contributed by atoms with E-state index < -0.39 is 188 Å². The molecule has 0 spiro atoms. The summed E-state index contributed by atoms with van der Waals surface area (Å²) in [6.45, 7) is 15.7. The van der Waals surface area contributed by atoms with Gasteiger partial charge in [0.25, 0.3) is 0 Å². The van der Waals surface area contributed by atoms with Crippen molar-refractivity contribution in [1.29, 1.82) is 0 Å². The zero-order valence-electron chi connectivity index (χ0n) is 50.8. The lowest BCUT2D eigenvalue weighted by Gasteiger charge is -2.47. The SMILES string of the molecule is CON=C([C@@H](O)[C@@H](C)O)[C@@H](OC)[C@@H]1Cc2cc3cc(O[C@H]4C[C@@H](OC(C)=O)[C@@H](O[C@@H]5C[C@@H](O)[C@@H](OC)[C@@H](C)O5)[C@@H](C)O4)cc(O)c3c(O)c2C(=O)[C@H]1O[C@H]1C[C@@H](O[C@H]2C[C@@H](O[C@H]3C[C@](C)(O)[C@@H](OC(=O)C(C)C)[C@H](C)O3)[C@H](O)[C@@H](C)O2)[C@H](O)[C@@H](C)O1. The summed E-state index contributed by atoms with van der Waals surface area (Å²) in [6, 6.07) is 4.30. The highest BCUT2D eigenvalue weighted by Crippen LogP contribution is 2.46. The van der Waals surface area contributed by atoms with Gasteiger partial charge in [-0.1, -0.05) is 19.0 Å². The van der Waals surface area contributed by atoms with Gasteiger partial charge in [0.15, 0.2) is 37.0 Å². The van der Waals surface area contributed by atoms with E-state index in [0.717, 1.165) is 0 Å². The molecule has 8 rings (SSSR count). The molecule has 0 aromatic heterocycles. The number of phenolic OH excluding ortho intramolecular Hbond substituents is 2. The van der Waals surface area contributed by atoms with Gasteiger partial charge in [-0.2, -0.15) is 0 Å². The van der Waals surface area contributed by atoms with Crippen LogP contribution >= 0.6 is 0 Å². The maximum absolute atomic E-state index is 15.3. The molecule has 86 heavy (non-hydrogen) atoms. The number of aromatic hydroxyl groups is 2. The number of carbonyl (C=O) groups is 3. The predicted octanol–water partition coefficient (Wildman–Crippen LogP) is 2.31. The third kappa shape index (κ3) is 14.9. The molecule has 5 fully saturated rings. The molecule has 0 saturated carbocycles. The first kappa shape index (κ1) is 67.4. The van der Waals surface area contributed by atoms with Crippen LogP contribution in [0.3, 0.4) is 0 Å². The van der Waals surface area contributed by atoms with Gasteiger partial charge in [-0.15, -0.1) is 0 Å². The van der Waals surface area contributed by atoms with E-state index >= 15 is 4.79 Å². The molecule has 0 unspecified atom stereocenters. The van der Waals surface area contributed by atoms with Crippen molar-refractivity contribution in [3.05, 3.63) is 29.3 Å². The summed E-state index contributed by atoms with van der Waals surface area (Å²) in [6.07, 6.45) is -24.6. The number of esters is 2. The Balaban J connectivity index is 1.03. The second-order valence-electron chi connectivity index (χ2n) is 24.0. The topological polar surface area (TPSA) is 364 Å². The van der Waals surface area contributed by atoms with Crippen molar-refractivity contribution in [1.82, 2.24) is 0 Å². The Bertz CT molecular complexity index is 2680. The average molecular weight is 1230 g/mol. The number of ketones is 1. The largest absolute Gasteiger partial charge is 0.507 e. The van der Waals surface area contributed by atoms with Crippen LogP contribution in [0.5, 0.6) is 17.2 Å². The highest BCUT2D eigenvalue weighted by atomic mass is 16.7. The summed E-state index contributed by atoms with van der Waals surface area (Å²) in [5.74, 6) is -4.51. The minimum absolute atomic E-state index is 0.0417. The van der Waals surface area contributed by atoms with Gasteiger partial charge in [0.2, 0.25) is 6.29 Å². The molecule has 0 bridgehead atoms. The first-order valence-corrected chi connectivity index (χ1v) is 29.3. The zero-order valence-corrected chi connectivity index (χ0v) is 50.8. The summed E-state index contributed by atoms with van der Waals surface area (Å²) in [4.78, 5) is 45.3. The number of aliphatic hydroxyl groups is 6. The van der Waals surface area contributed by atoms with Crippen LogP contribution in [0.2, 0.25) is 0 Å². The van der Waals surface area contributed by atoms with Gasteiger partial charge in [-0.3, -0.25) is 14.4 Å². The van der Waals surface area contributed by atoms with Crippen molar-refractivity contribution in [3.8, 4) is 17.2 Å². The number of nitrogens with zero attached hydrogens (tertiary/aromatic N) is 1. The minimum atomic E-state index is -1.68. The van der Waals surface area contributed by atoms with Crippen molar-refractivity contribution in [2.24, 2.45) is 17.0 Å². The molecule has 0 amide bonds. The Labute approximate surface area is 498 Å². The predicted molar refractivity (Wildman–Crippen MR) is 296 cm³/mol. The van der Waals surface area contributed by atoms with Crippen LogP contribution in [-0.4, -0.2) is 233 Å². The van der Waals surface area contributed by atoms with E-state index in [4.69, 9.17) is 71.2 Å². The number of aliphatic hydroxyl groups excluding tert-OH is 5. The molecule has 5 saturated heterocycles. The van der Waals surface area contributed by atoms with Crippen molar-refractivity contribution >= 4 is 34.2 Å². The molecule has 6 aliphatic rings. The van der Waals surface area contributed by atoms with Crippen molar-refractivity contribution in [3.63, 3.8) is 0 Å². The van der Waals surface area contributed by atoms with Crippen LogP contribution in [0.15, 0.2) is 23.4 Å². The first-order valence-electron chi connectivity index (χ1n) is 29.3. The summed E-state index contributed by atoms with van der Waals surface area (Å²) < 4.78 is 85.1. The number of Topliss-reactive ketones (excluding diaryl/α,β-unsaturated/α-hetero) is 1. The highest BCUT2D eigenvalue weighted by Gasteiger charge is 2.52. The normalized spacial score (nSPS) is 39.0. The lowest BCUT2D eigenvalue weighted by Crippen LogP contribution is -2.59. The van der Waals surface area contributed by atoms with E-state index in [1.807, 2.05) is 0 Å². The molecule has 5 heterocycles. The van der Waals surface area contributed by atoms with Crippen molar-refractivity contribution in [2.75, 3.05) is 21.3 Å². The van der Waals surface area contributed by atoms with Gasteiger partial charge < -0.3 is 112 Å². The fourth-order valence-electron chi connectivity index (χ4n) is 12.6. The molecule has 2 aromatic rings. The number of carbonyl (C=O) groups excluding carboxylic acids is 3. The highest BCUT2D eigenvalue weighted by molar-refractivity contribution is 6.11. The summed E-state index contributed by atoms with van der Waals surface area (Å²) in [5.41, 5.74) is -1.75. The van der Waals surface area contributed by atoms with E-state index in [-0.39, 0.29) is 71.9 Å². The van der Waals surface area contributed by atoms with Crippen molar-refractivity contribution < 1.29 is 126 Å². The van der Waals surface area contributed by atoms with Crippen LogP contribution < -0.4 is 4.74 Å². The van der Waals surface area contributed by atoms with Gasteiger partial charge in [0.05, 0.1) is 71.8 Å². The van der Waals surface area contributed by atoms with Crippen LogP contribution in [0.25, 0.3) is 10.8 Å². The Kier molecular flexibility index (Phi) is 22.1. The smallest absolute Gasteiger partial charge is 0.308 e. The number of hydrogen-bond acceptors (Lipinski definition) is 27. The van der Waals surface area contributed by atoms with Crippen molar-refractivity contribution in [2.45, 2.75) is 255 Å². The molecular weight excluding hydrogens is 1140 g/mol. The van der Waals surface area contributed by atoms with Crippen LogP contribution in [0, 0.1) is 11.8 Å². The van der Waals surface area contributed by atoms with E-state index in [0.29, 0.717) is 0 Å². The Morgan fingerprint density at radius 2 is 1.28 bits per heavy atom. The van der Waals surface area contributed by atoms with E-state index in [2.05, 4.69) is 5.16 Å². The molecule has 484 valence electrons. The lowest BCUT2D eigenvalue weighted by molar-refractivity contribution is -0.334. The summed E-state index contributed by atoms with van der Waals surface area (Å²) in [7, 11) is 3.99. The molecule has 0 radical (unpaired) electrons. The molecule has 5 aliphatic heterocycles. The fourth-order valence-corrected chi connectivity index (χ4v) is 12.6. The Morgan fingerprint density at radius 1 is 0.709 bits per heavy atom. The molecule has 27 heteroatoms. The number of rotatable bonds is 20. The Morgan fingerprint density at radius 3 is 1.85 bits per heavy atom. The maximum atomic E-state index is 15.3. The van der Waals surface area contributed by atoms with Gasteiger partial charge in [-0.05, 0) is 78.0 Å². The number of methoxy groups -OCH3 is 2. The number of oxime groups is 1. The lowest BCUT2D eigenvalue weighted by atomic mass is 9.74. The quantitative estimate of drug-likeness (QED) is 0.0536. The number of hydrogen-bond donors (Lipinski definition) is 8. The number of phenols is 2. The molecule has 27 nitrogen and oxygen atoms in total. The molecular formula is C59H87NO26. The minimum Gasteiger partial charge on any atom is -0.507 e. The monoisotopic (exact) mass is 1230 g/mol. The number of ether oxygens (including phenoxy) is 14. The van der Waals surface area contributed by atoms with Gasteiger partial charge in [0, 0.05) is 65.2 Å². The van der Waals surface area contributed by atoms with Gasteiger partial charge in [0.1, 0.15) is 84.5 Å². The van der Waals surface area contributed by atoms with Crippen LogP contribution in [0.4, 0.5) is 0 Å². The zero-order chi connectivity index (χ0) is 63.0. The summed E-state index contributed by atoms with van der Waals surface area (Å²) in [5, 5.41) is 95.0. The molecule has 1 aliphatic carbocycles. The van der Waals surface area contributed by atoms with Crippen LogP contribution in [-0.2, 0) is 82.4 Å². The summed E-state index contributed by atoms with van der Waals surface area (Å²) >= 11 is 0. The number of benzene rings is 2. The van der Waals surface area contributed by atoms with Gasteiger partial charge in [-0.25, -0.2) is 0 Å². The fraction of sp³-hybridized carbons (Fsp3) is 0.763. The second kappa shape index (κ2) is 28.1. The van der Waals surface area contributed by atoms with E-state index in [1.54, 1.807) is 54.5 Å². The number of fused-ring (bicyclic) bond motifs is 2. The third-order valence-electron chi connectivity index (χ3n) is 16.9. The standard InChI is InChI=1S/C59H87NO26/c1-23(2)58(70)86-57-29(8)79-44(22-59(57,10)71)83-38-19-42(75-25(4)50(38)67)82-37-20-43(76-26(5)49(37)66)85-56-34(55(73-12)47(60-74-13)48(65)24(3)61)16-32-14-31-15-33(17-35(63)45(31)51(68)46(32)52(56)69)81-41-21-39(80-30(9)62)54(28(7)78-41)84-40-18-36(64)53(72-11)27(6)77-40/h14-15,17,23-29,34,36-44,48-50,53-57,61,63-68,71H,16,18-22H2,1-13H3/t24-,25-,26-,27-,28-,29+,34+,36-,37-,38-,39-,40-,41+,42+,43+,44+,48+,49-,50-,53+,54+,55+,56+,57+,59+/m1/s1. The third-order valence-corrected chi connectivity index (χ3v) is 16.9. The van der Waals surface area contributed by atoms with E-state index in [1.165, 1.54) is 54.2 Å². The molecule has 2 aromatic carbocycles. The second-order valence-corrected chi connectivity index (χ2v) is 24.0.